The van der Waals surface area contributed by atoms with Gasteiger partial charge >= 0.3 is 5.97 Å². The first-order valence-electron chi connectivity index (χ1n) is 8.76. The van der Waals surface area contributed by atoms with Crippen LogP contribution in [0.4, 0.5) is 0 Å². The van der Waals surface area contributed by atoms with E-state index in [9.17, 15) is 30.3 Å². The molecule has 29 heavy (non-hydrogen) atoms. The van der Waals surface area contributed by atoms with Crippen LogP contribution in [0.3, 0.4) is 0 Å². The van der Waals surface area contributed by atoms with Gasteiger partial charge in [-0.2, -0.15) is 0 Å². The van der Waals surface area contributed by atoms with E-state index in [2.05, 4.69) is 0 Å². The summed E-state index contributed by atoms with van der Waals surface area (Å²) in [4.78, 5) is 11.7. The Bertz CT molecular complexity index is 698. The fourth-order valence-electron chi connectivity index (χ4n) is 1.94. The predicted molar refractivity (Wildman–Crippen MR) is 101 cm³/mol. The van der Waals surface area contributed by atoms with Gasteiger partial charge in [0.05, 0.1) is 13.2 Å². The van der Waals surface area contributed by atoms with Crippen molar-refractivity contribution < 1.29 is 50.0 Å². The molecule has 1 aromatic rings. The first-order chi connectivity index (χ1) is 13.4. The van der Waals surface area contributed by atoms with Crippen LogP contribution >= 0.6 is 0 Å². The lowest BCUT2D eigenvalue weighted by Gasteiger charge is -2.27. The number of carbonyl (C=O) groups excluding carboxylic acids is 1. The summed E-state index contributed by atoms with van der Waals surface area (Å²) in [6.45, 7) is 0.195. The molecule has 0 bridgehead atoms. The van der Waals surface area contributed by atoms with Crippen LogP contribution in [0.2, 0.25) is 0 Å². The summed E-state index contributed by atoms with van der Waals surface area (Å²) in [6, 6.07) is 4.16. The summed E-state index contributed by atoms with van der Waals surface area (Å²) in [5.74, 6) is -1.08. The highest BCUT2D eigenvalue weighted by molar-refractivity contribution is 5.87. The number of hydrogen-bond donors (Lipinski definition) is 7. The molecule has 164 valence electrons. The van der Waals surface area contributed by atoms with Crippen molar-refractivity contribution in [2.24, 2.45) is 0 Å². The molecule has 7 N–H and O–H groups in total. The Labute approximate surface area is 167 Å². The van der Waals surface area contributed by atoms with Crippen molar-refractivity contribution in [1.82, 2.24) is 0 Å². The molecule has 0 fully saturated rings. The van der Waals surface area contributed by atoms with Gasteiger partial charge in [-0.3, -0.25) is 0 Å². The van der Waals surface area contributed by atoms with E-state index < -0.39 is 49.2 Å². The fraction of sp³-hybridized carbons (Fsp3) is 0.526. The SMILES string of the molecule is C[C@](O)(CO)[C@@H](O)COC(=O)/C=C/c1ccc(OC[C@@](C)(O)[C@H](O)CO)c(O)c1. The number of phenolic OH excluding ortho intramolecular Hbond substituents is 1. The smallest absolute Gasteiger partial charge is 0.330 e. The van der Waals surface area contributed by atoms with Crippen molar-refractivity contribution in [2.75, 3.05) is 26.4 Å². The van der Waals surface area contributed by atoms with Gasteiger partial charge in [0.1, 0.15) is 36.6 Å². The molecule has 4 atom stereocenters. The molecule has 0 radical (unpaired) electrons. The fourth-order valence-corrected chi connectivity index (χ4v) is 1.94. The molecule has 1 rings (SSSR count). The second kappa shape index (κ2) is 10.5. The first-order valence-corrected chi connectivity index (χ1v) is 8.76. The van der Waals surface area contributed by atoms with E-state index in [-0.39, 0.29) is 18.1 Å². The van der Waals surface area contributed by atoms with Gasteiger partial charge in [-0.15, -0.1) is 0 Å². The van der Waals surface area contributed by atoms with E-state index in [4.69, 9.17) is 19.7 Å². The van der Waals surface area contributed by atoms with Crippen molar-refractivity contribution >= 4 is 12.0 Å². The van der Waals surface area contributed by atoms with Gasteiger partial charge in [-0.1, -0.05) is 6.07 Å². The normalized spacial score (nSPS) is 17.9. The van der Waals surface area contributed by atoms with Crippen LogP contribution in [0.25, 0.3) is 6.08 Å². The van der Waals surface area contributed by atoms with Gasteiger partial charge in [0.25, 0.3) is 0 Å². The molecule has 1 aromatic carbocycles. The standard InChI is InChI=1S/C19H28O10/c1-18(26,10-21)16(24)9-28-17(25)6-4-12-3-5-14(13(22)7-12)29-11-19(2,27)15(23)8-20/h3-7,15-16,20-24,26-27H,8-11H2,1-2H3/b6-4+/t15-,16+,18+,19-/m1/s1. The quantitative estimate of drug-likeness (QED) is 0.166. The van der Waals surface area contributed by atoms with Crippen LogP contribution in [-0.4, -0.2) is 91.6 Å². The lowest BCUT2D eigenvalue weighted by Crippen LogP contribution is -2.46. The molecule has 0 unspecified atom stereocenters. The summed E-state index contributed by atoms with van der Waals surface area (Å²) < 4.78 is 10.0. The highest BCUT2D eigenvalue weighted by Crippen LogP contribution is 2.28. The Balaban J connectivity index is 2.64. The zero-order valence-corrected chi connectivity index (χ0v) is 16.2. The van der Waals surface area contributed by atoms with E-state index in [0.29, 0.717) is 5.56 Å². The summed E-state index contributed by atoms with van der Waals surface area (Å²) in [5, 5.41) is 66.5. The van der Waals surface area contributed by atoms with Gasteiger partial charge < -0.3 is 45.2 Å². The molecule has 10 heteroatoms. The summed E-state index contributed by atoms with van der Waals surface area (Å²) in [7, 11) is 0. The van der Waals surface area contributed by atoms with Gasteiger partial charge in [0.2, 0.25) is 0 Å². The Morgan fingerprint density at radius 2 is 1.79 bits per heavy atom. The van der Waals surface area contributed by atoms with Crippen LogP contribution in [-0.2, 0) is 9.53 Å². The largest absolute Gasteiger partial charge is 0.504 e. The summed E-state index contributed by atoms with van der Waals surface area (Å²) in [5.41, 5.74) is -3.12. The van der Waals surface area contributed by atoms with E-state index in [1.165, 1.54) is 38.1 Å². The minimum atomic E-state index is -1.80. The van der Waals surface area contributed by atoms with Crippen molar-refractivity contribution in [3.8, 4) is 11.5 Å². The number of aromatic hydroxyl groups is 1. The van der Waals surface area contributed by atoms with Crippen LogP contribution in [0, 0.1) is 0 Å². The Morgan fingerprint density at radius 1 is 1.14 bits per heavy atom. The number of ether oxygens (including phenoxy) is 2. The molecule has 0 saturated heterocycles. The van der Waals surface area contributed by atoms with E-state index >= 15 is 0 Å². The minimum absolute atomic E-state index is 0.0181. The maximum Gasteiger partial charge on any atom is 0.330 e. The number of phenols is 1. The monoisotopic (exact) mass is 416 g/mol. The van der Waals surface area contributed by atoms with Crippen molar-refractivity contribution in [1.29, 1.82) is 0 Å². The third-order valence-electron chi connectivity index (χ3n) is 4.23. The first kappa shape index (κ1) is 24.8. The molecule has 0 aliphatic heterocycles. The molecular formula is C19H28O10. The molecule has 0 aliphatic carbocycles. The van der Waals surface area contributed by atoms with Crippen LogP contribution in [0.15, 0.2) is 24.3 Å². The number of aliphatic hydroxyl groups excluding tert-OH is 4. The molecule has 0 aromatic heterocycles. The minimum Gasteiger partial charge on any atom is -0.504 e. The highest BCUT2D eigenvalue weighted by atomic mass is 16.5. The zero-order chi connectivity index (χ0) is 22.2. The van der Waals surface area contributed by atoms with Crippen LogP contribution in [0.5, 0.6) is 11.5 Å². The molecule has 0 saturated carbocycles. The second-order valence-corrected chi connectivity index (χ2v) is 7.07. The number of rotatable bonds is 11. The maximum absolute atomic E-state index is 11.7. The lowest BCUT2D eigenvalue weighted by atomic mass is 10.0. The van der Waals surface area contributed by atoms with E-state index in [1.807, 2.05) is 0 Å². The molecule has 0 heterocycles. The van der Waals surface area contributed by atoms with Crippen LogP contribution in [0.1, 0.15) is 19.4 Å². The third kappa shape index (κ3) is 7.61. The number of benzene rings is 1. The maximum atomic E-state index is 11.7. The highest BCUT2D eigenvalue weighted by Gasteiger charge is 2.31. The molecule has 10 nitrogen and oxygen atoms in total. The van der Waals surface area contributed by atoms with Gasteiger partial charge in [0.15, 0.2) is 11.5 Å². The molecule has 0 spiro atoms. The summed E-state index contributed by atoms with van der Waals surface area (Å²) >= 11 is 0. The molecular weight excluding hydrogens is 388 g/mol. The van der Waals surface area contributed by atoms with Gasteiger partial charge in [-0.25, -0.2) is 4.79 Å². The Kier molecular flexibility index (Phi) is 9.02. The van der Waals surface area contributed by atoms with E-state index in [1.54, 1.807) is 0 Å². The summed E-state index contributed by atoms with van der Waals surface area (Å²) in [6.07, 6.45) is -0.518. The van der Waals surface area contributed by atoms with Crippen molar-refractivity contribution in [2.45, 2.75) is 37.3 Å². The predicted octanol–water partition coefficient (Wildman–Crippen LogP) is -1.46. The Morgan fingerprint density at radius 3 is 2.34 bits per heavy atom. The second-order valence-electron chi connectivity index (χ2n) is 7.07. The van der Waals surface area contributed by atoms with Crippen LogP contribution < -0.4 is 4.74 Å². The third-order valence-corrected chi connectivity index (χ3v) is 4.23. The van der Waals surface area contributed by atoms with E-state index in [0.717, 1.165) is 6.08 Å². The van der Waals surface area contributed by atoms with Gasteiger partial charge in [-0.05, 0) is 37.6 Å². The topological polar surface area (TPSA) is 177 Å². The number of aliphatic hydroxyl groups is 6. The average Bonchev–Trinajstić information content (AvgIpc) is 2.68. The Hall–Kier alpha value is -2.21. The number of carbonyl (C=O) groups is 1. The molecule has 0 amide bonds. The number of esters is 1. The lowest BCUT2D eigenvalue weighted by molar-refractivity contribution is -0.151. The van der Waals surface area contributed by atoms with Crippen molar-refractivity contribution in [3.63, 3.8) is 0 Å². The zero-order valence-electron chi connectivity index (χ0n) is 16.2. The average molecular weight is 416 g/mol. The number of hydrogen-bond acceptors (Lipinski definition) is 10. The molecule has 0 aliphatic rings. The van der Waals surface area contributed by atoms with Crippen molar-refractivity contribution in [3.05, 3.63) is 29.8 Å². The van der Waals surface area contributed by atoms with Gasteiger partial charge in [0, 0.05) is 6.08 Å².